The van der Waals surface area contributed by atoms with Crippen LogP contribution in [0.3, 0.4) is 0 Å². The molecule has 0 aliphatic carbocycles. The molecule has 1 atom stereocenters. The molecular weight excluding hydrogens is 208 g/mol. The van der Waals surface area contributed by atoms with Gasteiger partial charge in [0, 0.05) is 18.9 Å². The van der Waals surface area contributed by atoms with Crippen LogP contribution in [0, 0.1) is 0 Å². The number of H-pyrrole nitrogens is 1. The van der Waals surface area contributed by atoms with E-state index in [-0.39, 0.29) is 11.5 Å². The van der Waals surface area contributed by atoms with Crippen LogP contribution in [-0.2, 0) is 22.5 Å². The van der Waals surface area contributed by atoms with Crippen LogP contribution in [0.4, 0.5) is 0 Å². The summed E-state index contributed by atoms with van der Waals surface area (Å²) in [6.07, 6.45) is 1.68. The van der Waals surface area contributed by atoms with Gasteiger partial charge in [0.1, 0.15) is 5.82 Å². The molecule has 3 rings (SSSR count). The van der Waals surface area contributed by atoms with E-state index in [0.717, 1.165) is 31.0 Å². The number of ether oxygens (including phenoxy) is 2. The van der Waals surface area contributed by atoms with Crippen molar-refractivity contribution in [2.24, 2.45) is 0 Å². The predicted octanol–water partition coefficient (Wildman–Crippen LogP) is 0.346. The predicted molar refractivity (Wildman–Crippen MR) is 56.4 cm³/mol. The van der Waals surface area contributed by atoms with E-state index >= 15 is 0 Å². The third-order valence-electron chi connectivity index (χ3n) is 3.17. The van der Waals surface area contributed by atoms with Crippen LogP contribution in [0.5, 0.6) is 0 Å². The van der Waals surface area contributed by atoms with E-state index in [4.69, 9.17) is 9.47 Å². The molecule has 0 bridgehead atoms. The van der Waals surface area contributed by atoms with Gasteiger partial charge in [-0.05, 0) is 6.42 Å². The van der Waals surface area contributed by atoms with Gasteiger partial charge in [-0.3, -0.25) is 4.79 Å². The van der Waals surface area contributed by atoms with Gasteiger partial charge in [-0.15, -0.1) is 0 Å². The molecule has 1 unspecified atom stereocenters. The molecule has 0 amide bonds. The lowest BCUT2D eigenvalue weighted by molar-refractivity contribution is 0.107. The maximum atomic E-state index is 11.8. The number of rotatable bonds is 1. The Bertz CT molecular complexity index is 449. The molecule has 1 aromatic heterocycles. The highest BCUT2D eigenvalue weighted by molar-refractivity contribution is 5.20. The highest BCUT2D eigenvalue weighted by Gasteiger charge is 2.23. The maximum absolute atomic E-state index is 11.8. The topological polar surface area (TPSA) is 64.2 Å². The third kappa shape index (κ3) is 1.66. The highest BCUT2D eigenvalue weighted by atomic mass is 16.5. The van der Waals surface area contributed by atoms with Crippen molar-refractivity contribution in [3.05, 3.63) is 27.4 Å². The summed E-state index contributed by atoms with van der Waals surface area (Å²) in [6.45, 7) is 2.47. The van der Waals surface area contributed by atoms with Crippen molar-refractivity contribution in [3.63, 3.8) is 0 Å². The van der Waals surface area contributed by atoms with Gasteiger partial charge in [-0.1, -0.05) is 0 Å². The minimum Gasteiger partial charge on any atom is -0.381 e. The molecule has 0 spiro atoms. The normalized spacial score (nSPS) is 24.4. The van der Waals surface area contributed by atoms with Crippen molar-refractivity contribution < 1.29 is 9.47 Å². The molecule has 1 N–H and O–H groups in total. The lowest BCUT2D eigenvalue weighted by Crippen LogP contribution is -2.26. The first-order valence-electron chi connectivity index (χ1n) is 5.62. The van der Waals surface area contributed by atoms with Gasteiger partial charge in [-0.25, -0.2) is 4.98 Å². The van der Waals surface area contributed by atoms with Crippen molar-refractivity contribution in [2.45, 2.75) is 25.4 Å². The molecule has 86 valence electrons. The molecule has 0 radical (unpaired) electrons. The SMILES string of the molecule is O=c1[nH]c(C2CCOC2)nc2c1COCC2. The summed E-state index contributed by atoms with van der Waals surface area (Å²) in [7, 11) is 0. The smallest absolute Gasteiger partial charge is 0.256 e. The minimum atomic E-state index is -0.0494. The van der Waals surface area contributed by atoms with Crippen LogP contribution in [0.25, 0.3) is 0 Å². The van der Waals surface area contributed by atoms with Crippen molar-refractivity contribution in [2.75, 3.05) is 19.8 Å². The Labute approximate surface area is 92.8 Å². The molecular formula is C11H14N2O3. The Balaban J connectivity index is 2.01. The second kappa shape index (κ2) is 3.99. The fourth-order valence-corrected chi connectivity index (χ4v) is 2.21. The Morgan fingerprint density at radius 3 is 3.06 bits per heavy atom. The van der Waals surface area contributed by atoms with Gasteiger partial charge in [-0.2, -0.15) is 0 Å². The molecule has 1 aromatic rings. The molecule has 5 heteroatoms. The number of aromatic amines is 1. The maximum Gasteiger partial charge on any atom is 0.256 e. The molecule has 3 heterocycles. The lowest BCUT2D eigenvalue weighted by atomic mass is 10.1. The number of hydrogen-bond donors (Lipinski definition) is 1. The first kappa shape index (κ1) is 9.99. The number of fused-ring (bicyclic) bond motifs is 1. The highest BCUT2D eigenvalue weighted by Crippen LogP contribution is 2.22. The second-order valence-electron chi connectivity index (χ2n) is 4.24. The van der Waals surface area contributed by atoms with Gasteiger partial charge in [0.05, 0.1) is 31.1 Å². The third-order valence-corrected chi connectivity index (χ3v) is 3.17. The zero-order chi connectivity index (χ0) is 11.0. The summed E-state index contributed by atoms with van der Waals surface area (Å²) in [4.78, 5) is 19.2. The summed E-state index contributed by atoms with van der Waals surface area (Å²) < 4.78 is 10.6. The zero-order valence-corrected chi connectivity index (χ0v) is 8.99. The van der Waals surface area contributed by atoms with Crippen LogP contribution in [0.15, 0.2) is 4.79 Å². The van der Waals surface area contributed by atoms with E-state index < -0.39 is 0 Å². The van der Waals surface area contributed by atoms with E-state index in [9.17, 15) is 4.79 Å². The summed E-state index contributed by atoms with van der Waals surface area (Å²) in [5, 5.41) is 0. The quantitative estimate of drug-likeness (QED) is 0.744. The Kier molecular flexibility index (Phi) is 2.49. The van der Waals surface area contributed by atoms with E-state index in [2.05, 4.69) is 9.97 Å². The van der Waals surface area contributed by atoms with Crippen LogP contribution >= 0.6 is 0 Å². The van der Waals surface area contributed by atoms with E-state index in [1.54, 1.807) is 0 Å². The van der Waals surface area contributed by atoms with Gasteiger partial charge >= 0.3 is 0 Å². The van der Waals surface area contributed by atoms with Crippen LogP contribution in [-0.4, -0.2) is 29.8 Å². The van der Waals surface area contributed by atoms with Gasteiger partial charge in [0.15, 0.2) is 0 Å². The molecule has 16 heavy (non-hydrogen) atoms. The Hall–Kier alpha value is -1.20. The molecule has 0 aromatic carbocycles. The van der Waals surface area contributed by atoms with E-state index in [0.29, 0.717) is 25.4 Å². The molecule has 1 saturated heterocycles. The largest absolute Gasteiger partial charge is 0.381 e. The van der Waals surface area contributed by atoms with Gasteiger partial charge in [0.2, 0.25) is 0 Å². The fourth-order valence-electron chi connectivity index (χ4n) is 2.21. The molecule has 5 nitrogen and oxygen atoms in total. The number of nitrogens with one attached hydrogen (secondary N) is 1. The zero-order valence-electron chi connectivity index (χ0n) is 8.99. The second-order valence-corrected chi connectivity index (χ2v) is 4.24. The van der Waals surface area contributed by atoms with Crippen molar-refractivity contribution in [1.29, 1.82) is 0 Å². The van der Waals surface area contributed by atoms with E-state index in [1.807, 2.05) is 0 Å². The summed E-state index contributed by atoms with van der Waals surface area (Å²) in [5.74, 6) is 1.03. The van der Waals surface area contributed by atoms with Gasteiger partial charge in [0.25, 0.3) is 5.56 Å². The van der Waals surface area contributed by atoms with Gasteiger partial charge < -0.3 is 14.5 Å². The number of nitrogens with zero attached hydrogens (tertiary/aromatic N) is 1. The fraction of sp³-hybridized carbons (Fsp3) is 0.636. The standard InChI is InChI=1S/C11H14N2O3/c14-11-8-6-16-4-2-9(8)12-10(13-11)7-1-3-15-5-7/h7H,1-6H2,(H,12,13,14). The summed E-state index contributed by atoms with van der Waals surface area (Å²) in [6, 6.07) is 0. The Morgan fingerprint density at radius 2 is 2.25 bits per heavy atom. The number of aromatic nitrogens is 2. The Morgan fingerprint density at radius 1 is 1.31 bits per heavy atom. The number of hydrogen-bond acceptors (Lipinski definition) is 4. The molecule has 0 saturated carbocycles. The minimum absolute atomic E-state index is 0.0494. The average molecular weight is 222 g/mol. The lowest BCUT2D eigenvalue weighted by Gasteiger charge is -2.16. The molecule has 2 aliphatic heterocycles. The van der Waals surface area contributed by atoms with Crippen molar-refractivity contribution in [3.8, 4) is 0 Å². The molecule has 1 fully saturated rings. The van der Waals surface area contributed by atoms with Crippen molar-refractivity contribution >= 4 is 0 Å². The van der Waals surface area contributed by atoms with Crippen LogP contribution in [0.2, 0.25) is 0 Å². The monoisotopic (exact) mass is 222 g/mol. The summed E-state index contributed by atoms with van der Waals surface area (Å²) >= 11 is 0. The average Bonchev–Trinajstić information content (AvgIpc) is 2.82. The first-order chi connectivity index (χ1) is 7.84. The molecule has 2 aliphatic rings. The summed E-state index contributed by atoms with van der Waals surface area (Å²) in [5.41, 5.74) is 1.54. The van der Waals surface area contributed by atoms with Crippen molar-refractivity contribution in [1.82, 2.24) is 9.97 Å². The van der Waals surface area contributed by atoms with Crippen LogP contribution < -0.4 is 5.56 Å². The van der Waals surface area contributed by atoms with E-state index in [1.165, 1.54) is 0 Å². The first-order valence-corrected chi connectivity index (χ1v) is 5.62. The van der Waals surface area contributed by atoms with Crippen LogP contribution in [0.1, 0.15) is 29.4 Å².